The van der Waals surface area contributed by atoms with E-state index in [2.05, 4.69) is 9.47 Å². The highest BCUT2D eigenvalue weighted by Crippen LogP contribution is 2.14. The van der Waals surface area contributed by atoms with Crippen LogP contribution in [0.3, 0.4) is 0 Å². The van der Waals surface area contributed by atoms with Gasteiger partial charge in [0.25, 0.3) is 0 Å². The first-order valence-corrected chi connectivity index (χ1v) is 5.17. The van der Waals surface area contributed by atoms with Gasteiger partial charge in [0.1, 0.15) is 12.4 Å². The van der Waals surface area contributed by atoms with Crippen LogP contribution in [-0.2, 0) is 19.1 Å². The van der Waals surface area contributed by atoms with Crippen LogP contribution in [0.1, 0.15) is 26.2 Å². The van der Waals surface area contributed by atoms with Gasteiger partial charge in [-0.25, -0.2) is 0 Å². The van der Waals surface area contributed by atoms with Gasteiger partial charge in [0.15, 0.2) is 0 Å². The van der Waals surface area contributed by atoms with E-state index in [1.165, 1.54) is 0 Å². The smallest absolute Gasteiger partial charge is 0.411 e. The highest BCUT2D eigenvalue weighted by atomic mass is 19.4. The number of alkyl halides is 3. The number of Topliss-reactive ketones (excluding diaryl/α,β-unsaturated/α-hetero) is 1. The molecule has 0 bridgehead atoms. The minimum atomic E-state index is -4.38. The zero-order chi connectivity index (χ0) is 13.3. The van der Waals surface area contributed by atoms with Crippen molar-refractivity contribution in [2.24, 2.45) is 0 Å². The number of esters is 1. The second-order valence-corrected chi connectivity index (χ2v) is 3.26. The predicted molar refractivity (Wildman–Crippen MR) is 52.4 cm³/mol. The van der Waals surface area contributed by atoms with Crippen molar-refractivity contribution in [3.63, 3.8) is 0 Å². The lowest BCUT2D eigenvalue weighted by molar-refractivity contribution is -0.174. The van der Waals surface area contributed by atoms with Gasteiger partial charge in [-0.2, -0.15) is 13.2 Å². The summed E-state index contributed by atoms with van der Waals surface area (Å²) in [4.78, 5) is 22.0. The van der Waals surface area contributed by atoms with Crippen molar-refractivity contribution in [1.29, 1.82) is 0 Å². The number of ether oxygens (including phenoxy) is 2. The molecule has 0 rings (SSSR count). The lowest BCUT2D eigenvalue weighted by Gasteiger charge is -2.06. The fraction of sp³-hybridized carbons (Fsp3) is 0.800. The molecule has 0 aliphatic carbocycles. The van der Waals surface area contributed by atoms with Gasteiger partial charge in [-0.15, -0.1) is 0 Å². The van der Waals surface area contributed by atoms with E-state index in [9.17, 15) is 22.8 Å². The third kappa shape index (κ3) is 11.2. The monoisotopic (exact) mass is 256 g/mol. The van der Waals surface area contributed by atoms with Gasteiger partial charge in [0.05, 0.1) is 19.6 Å². The molecule has 0 fully saturated rings. The molecule has 0 radical (unpaired) electrons. The normalized spacial score (nSPS) is 11.3. The van der Waals surface area contributed by atoms with E-state index in [1.807, 2.05) is 0 Å². The maximum Gasteiger partial charge on any atom is 0.411 e. The Balaban J connectivity index is 3.50. The summed E-state index contributed by atoms with van der Waals surface area (Å²) in [6.07, 6.45) is -4.59. The zero-order valence-electron chi connectivity index (χ0n) is 9.51. The van der Waals surface area contributed by atoms with Crippen LogP contribution < -0.4 is 0 Å². The lowest BCUT2D eigenvalue weighted by atomic mass is 10.2. The summed E-state index contributed by atoms with van der Waals surface area (Å²) in [7, 11) is 0. The first-order valence-electron chi connectivity index (χ1n) is 5.17. The number of halogens is 3. The number of hydrogen-bond donors (Lipinski definition) is 0. The highest BCUT2D eigenvalue weighted by molar-refractivity contribution is 5.82. The Bertz CT molecular complexity index is 250. The summed E-state index contributed by atoms with van der Waals surface area (Å²) >= 11 is 0. The molecule has 0 aromatic heterocycles. The number of ketones is 1. The molecule has 0 aliphatic rings. The zero-order valence-corrected chi connectivity index (χ0v) is 9.51. The van der Waals surface area contributed by atoms with Gasteiger partial charge < -0.3 is 9.47 Å². The van der Waals surface area contributed by atoms with E-state index in [1.54, 1.807) is 6.92 Å². The molecule has 0 saturated carbocycles. The molecule has 0 aromatic carbocycles. The van der Waals surface area contributed by atoms with Crippen molar-refractivity contribution in [3.05, 3.63) is 0 Å². The van der Waals surface area contributed by atoms with E-state index >= 15 is 0 Å². The van der Waals surface area contributed by atoms with Crippen LogP contribution in [-0.4, -0.2) is 37.7 Å². The third-order valence-electron chi connectivity index (χ3n) is 1.70. The van der Waals surface area contributed by atoms with Gasteiger partial charge in [-0.3, -0.25) is 9.59 Å². The predicted octanol–water partition coefficient (Wildman–Crippen LogP) is 1.87. The summed E-state index contributed by atoms with van der Waals surface area (Å²) in [6.45, 7) is 0.228. The first-order chi connectivity index (χ1) is 7.85. The van der Waals surface area contributed by atoms with Crippen molar-refractivity contribution in [3.8, 4) is 0 Å². The summed E-state index contributed by atoms with van der Waals surface area (Å²) in [6, 6.07) is 0. The Morgan fingerprint density at radius 3 is 2.29 bits per heavy atom. The van der Waals surface area contributed by atoms with Crippen molar-refractivity contribution < 1.29 is 32.2 Å². The van der Waals surface area contributed by atoms with Crippen molar-refractivity contribution in [2.75, 3.05) is 19.8 Å². The van der Waals surface area contributed by atoms with Gasteiger partial charge >= 0.3 is 12.1 Å². The van der Waals surface area contributed by atoms with Crippen LogP contribution in [0.15, 0.2) is 0 Å². The lowest BCUT2D eigenvalue weighted by Crippen LogP contribution is -2.18. The summed E-state index contributed by atoms with van der Waals surface area (Å²) in [5.41, 5.74) is 0. The molecule has 7 heteroatoms. The maximum absolute atomic E-state index is 11.6. The van der Waals surface area contributed by atoms with Crippen LogP contribution in [0.4, 0.5) is 13.2 Å². The van der Waals surface area contributed by atoms with Crippen LogP contribution >= 0.6 is 0 Å². The van der Waals surface area contributed by atoms with Gasteiger partial charge in [-0.05, 0) is 6.92 Å². The fourth-order valence-electron chi connectivity index (χ4n) is 0.974. The highest BCUT2D eigenvalue weighted by Gasteiger charge is 2.27. The molecule has 0 amide bonds. The Labute approximate surface area is 97.1 Å². The SMILES string of the molecule is CCOC(=O)CCC(=O)CCOCC(F)(F)F. The van der Waals surface area contributed by atoms with E-state index in [4.69, 9.17) is 0 Å². The molecule has 0 saturated heterocycles. The van der Waals surface area contributed by atoms with E-state index < -0.39 is 18.8 Å². The Morgan fingerprint density at radius 2 is 1.76 bits per heavy atom. The minimum absolute atomic E-state index is 0.0335. The van der Waals surface area contributed by atoms with Gasteiger partial charge in [-0.1, -0.05) is 0 Å². The Kier molecular flexibility index (Phi) is 7.53. The van der Waals surface area contributed by atoms with E-state index in [0.29, 0.717) is 0 Å². The molecule has 4 nitrogen and oxygen atoms in total. The van der Waals surface area contributed by atoms with Crippen LogP contribution in [0.25, 0.3) is 0 Å². The fourth-order valence-corrected chi connectivity index (χ4v) is 0.974. The second kappa shape index (κ2) is 8.05. The summed E-state index contributed by atoms with van der Waals surface area (Å²) in [5, 5.41) is 0. The quantitative estimate of drug-likeness (QED) is 0.491. The minimum Gasteiger partial charge on any atom is -0.466 e. The largest absolute Gasteiger partial charge is 0.466 e. The molecule has 0 N–H and O–H groups in total. The maximum atomic E-state index is 11.6. The van der Waals surface area contributed by atoms with Crippen LogP contribution in [0.2, 0.25) is 0 Å². The molecular formula is C10H15F3O4. The number of carbonyl (C=O) groups is 2. The third-order valence-corrected chi connectivity index (χ3v) is 1.70. The standard InChI is InChI=1S/C10H15F3O4/c1-2-17-9(15)4-3-8(14)5-6-16-7-10(11,12)13/h2-7H2,1H3. The van der Waals surface area contributed by atoms with Crippen LogP contribution in [0, 0.1) is 0 Å². The second-order valence-electron chi connectivity index (χ2n) is 3.26. The molecule has 0 atom stereocenters. The van der Waals surface area contributed by atoms with Crippen molar-refractivity contribution in [1.82, 2.24) is 0 Å². The van der Waals surface area contributed by atoms with Crippen molar-refractivity contribution >= 4 is 11.8 Å². The molecule has 17 heavy (non-hydrogen) atoms. The van der Waals surface area contributed by atoms with Crippen molar-refractivity contribution in [2.45, 2.75) is 32.4 Å². The molecule has 0 aliphatic heterocycles. The Hall–Kier alpha value is -1.11. The average Bonchev–Trinajstić information content (AvgIpc) is 2.21. The summed E-state index contributed by atoms with van der Waals surface area (Å²) < 4.78 is 43.8. The number of hydrogen-bond acceptors (Lipinski definition) is 4. The van der Waals surface area contributed by atoms with Gasteiger partial charge in [0.2, 0.25) is 0 Å². The van der Waals surface area contributed by atoms with Gasteiger partial charge in [0, 0.05) is 12.8 Å². The molecule has 0 heterocycles. The first kappa shape index (κ1) is 15.9. The van der Waals surface area contributed by atoms with E-state index in [-0.39, 0.29) is 38.3 Å². The number of rotatable bonds is 8. The molecule has 0 aromatic rings. The summed E-state index contributed by atoms with van der Waals surface area (Å²) in [5.74, 6) is -0.808. The average molecular weight is 256 g/mol. The molecule has 0 unspecified atom stereocenters. The molecule has 0 spiro atoms. The van der Waals surface area contributed by atoms with E-state index in [0.717, 1.165) is 0 Å². The Morgan fingerprint density at radius 1 is 1.12 bits per heavy atom. The topological polar surface area (TPSA) is 52.6 Å². The molecular weight excluding hydrogens is 241 g/mol. The molecule has 100 valence electrons. The number of carbonyl (C=O) groups excluding carboxylic acids is 2. The van der Waals surface area contributed by atoms with Crippen LogP contribution in [0.5, 0.6) is 0 Å².